The highest BCUT2D eigenvalue weighted by atomic mass is 35.5. The number of carbonyl (C=O) groups excluding carboxylic acids is 1. The minimum Gasteiger partial charge on any atom is -0.370 e. The highest BCUT2D eigenvalue weighted by Gasteiger charge is 2.25. The molecule has 1 saturated heterocycles. The van der Waals surface area contributed by atoms with Crippen LogP contribution < -0.4 is 5.32 Å². The Bertz CT molecular complexity index is 899. The third-order valence-electron chi connectivity index (χ3n) is 4.38. The number of nitrogens with one attached hydrogen (secondary N) is 1. The molecule has 2 heterocycles. The molecular weight excluding hydrogens is 409 g/mol. The van der Waals surface area contributed by atoms with Crippen LogP contribution in [0, 0.1) is 0 Å². The van der Waals surface area contributed by atoms with E-state index < -0.39 is 9.84 Å². The van der Waals surface area contributed by atoms with Crippen molar-refractivity contribution in [2.75, 3.05) is 36.5 Å². The fourth-order valence-corrected chi connectivity index (χ4v) is 4.60. The van der Waals surface area contributed by atoms with Crippen molar-refractivity contribution in [2.24, 2.45) is 0 Å². The summed E-state index contributed by atoms with van der Waals surface area (Å²) < 4.78 is 22.9. The standard InChI is InChI=1S/C18H19Cl2N3O3S/c19-15-2-1-3-16(20)14(15)6-7-21-17-5-4-13(12-22-17)18(24)23-8-10-27(25,26)11-9-23/h1-5,12H,6-11H2,(H,21,22). The molecule has 6 nitrogen and oxygen atoms in total. The van der Waals surface area contributed by atoms with Gasteiger partial charge < -0.3 is 10.2 Å². The fourth-order valence-electron chi connectivity index (χ4n) is 2.81. The third-order valence-corrected chi connectivity index (χ3v) is 6.70. The first kappa shape index (κ1) is 19.9. The molecule has 0 aliphatic carbocycles. The monoisotopic (exact) mass is 427 g/mol. The van der Waals surface area contributed by atoms with E-state index in [1.807, 2.05) is 0 Å². The van der Waals surface area contributed by atoms with Gasteiger partial charge in [-0.25, -0.2) is 13.4 Å². The Labute approximate surface area is 168 Å². The lowest BCUT2D eigenvalue weighted by molar-refractivity contribution is 0.0770. The third kappa shape index (κ3) is 5.12. The molecule has 1 amide bonds. The quantitative estimate of drug-likeness (QED) is 0.793. The first-order chi connectivity index (χ1) is 12.9. The van der Waals surface area contributed by atoms with Crippen LogP contribution in [0.2, 0.25) is 10.0 Å². The fraction of sp³-hybridized carbons (Fsp3) is 0.333. The Hall–Kier alpha value is -1.83. The van der Waals surface area contributed by atoms with Crippen LogP contribution >= 0.6 is 23.2 Å². The van der Waals surface area contributed by atoms with Crippen LogP contribution in [0.1, 0.15) is 15.9 Å². The van der Waals surface area contributed by atoms with E-state index in [2.05, 4.69) is 10.3 Å². The lowest BCUT2D eigenvalue weighted by Gasteiger charge is -2.26. The van der Waals surface area contributed by atoms with Gasteiger partial charge in [0.15, 0.2) is 9.84 Å². The van der Waals surface area contributed by atoms with Crippen LogP contribution in [0.5, 0.6) is 0 Å². The molecule has 144 valence electrons. The van der Waals surface area contributed by atoms with Gasteiger partial charge >= 0.3 is 0 Å². The maximum absolute atomic E-state index is 12.4. The number of carbonyl (C=O) groups is 1. The summed E-state index contributed by atoms with van der Waals surface area (Å²) in [6.45, 7) is 1.03. The number of aromatic nitrogens is 1. The molecule has 1 aliphatic heterocycles. The van der Waals surface area contributed by atoms with Gasteiger partial charge in [-0.2, -0.15) is 0 Å². The molecular formula is C18H19Cl2N3O3S. The number of benzene rings is 1. The summed E-state index contributed by atoms with van der Waals surface area (Å²) in [6, 6.07) is 8.81. The number of hydrogen-bond acceptors (Lipinski definition) is 5. The summed E-state index contributed by atoms with van der Waals surface area (Å²) in [5.41, 5.74) is 1.31. The van der Waals surface area contributed by atoms with Crippen LogP contribution in [0.15, 0.2) is 36.5 Å². The number of halogens is 2. The van der Waals surface area contributed by atoms with Crippen molar-refractivity contribution in [3.8, 4) is 0 Å². The van der Waals surface area contributed by atoms with E-state index in [-0.39, 0.29) is 30.5 Å². The Morgan fingerprint density at radius 2 is 1.78 bits per heavy atom. The summed E-state index contributed by atoms with van der Waals surface area (Å²) in [5.74, 6) is 0.454. The second-order valence-electron chi connectivity index (χ2n) is 6.25. The van der Waals surface area contributed by atoms with Gasteiger partial charge in [0, 0.05) is 35.9 Å². The summed E-state index contributed by atoms with van der Waals surface area (Å²) >= 11 is 12.3. The van der Waals surface area contributed by atoms with Gasteiger partial charge in [-0.1, -0.05) is 29.3 Å². The SMILES string of the molecule is O=C(c1ccc(NCCc2c(Cl)cccc2Cl)nc1)N1CCS(=O)(=O)CC1. The van der Waals surface area contributed by atoms with Crippen LogP contribution in [0.25, 0.3) is 0 Å². The van der Waals surface area contributed by atoms with E-state index in [0.29, 0.717) is 34.4 Å². The van der Waals surface area contributed by atoms with E-state index >= 15 is 0 Å². The van der Waals surface area contributed by atoms with Gasteiger partial charge in [0.05, 0.1) is 17.1 Å². The minimum atomic E-state index is -3.02. The van der Waals surface area contributed by atoms with E-state index in [0.717, 1.165) is 5.56 Å². The van der Waals surface area contributed by atoms with Crippen molar-refractivity contribution in [1.29, 1.82) is 0 Å². The molecule has 0 radical (unpaired) electrons. The summed E-state index contributed by atoms with van der Waals surface area (Å²) in [5, 5.41) is 4.42. The first-order valence-corrected chi connectivity index (χ1v) is 11.1. The number of amides is 1. The minimum absolute atomic E-state index is 0.0103. The van der Waals surface area contributed by atoms with Crippen molar-refractivity contribution in [2.45, 2.75) is 6.42 Å². The molecule has 27 heavy (non-hydrogen) atoms. The average Bonchev–Trinajstić information content (AvgIpc) is 2.64. The van der Waals surface area contributed by atoms with E-state index in [9.17, 15) is 13.2 Å². The maximum atomic E-state index is 12.4. The molecule has 1 aromatic carbocycles. The topological polar surface area (TPSA) is 79.4 Å². The number of anilines is 1. The van der Waals surface area contributed by atoms with E-state index in [1.54, 1.807) is 35.2 Å². The van der Waals surface area contributed by atoms with Crippen LogP contribution in [0.4, 0.5) is 5.82 Å². The Morgan fingerprint density at radius 1 is 1.11 bits per heavy atom. The Kier molecular flexibility index (Phi) is 6.24. The van der Waals surface area contributed by atoms with E-state index in [4.69, 9.17) is 23.2 Å². The Morgan fingerprint density at radius 3 is 2.37 bits per heavy atom. The largest absolute Gasteiger partial charge is 0.370 e. The molecule has 1 aromatic heterocycles. The maximum Gasteiger partial charge on any atom is 0.255 e. The molecule has 2 aromatic rings. The molecule has 3 rings (SSSR count). The highest BCUT2D eigenvalue weighted by molar-refractivity contribution is 7.91. The molecule has 0 unspecified atom stereocenters. The second kappa shape index (κ2) is 8.46. The molecule has 1 fully saturated rings. The van der Waals surface area contributed by atoms with Gasteiger partial charge in [-0.3, -0.25) is 4.79 Å². The predicted molar refractivity (Wildman–Crippen MR) is 107 cm³/mol. The molecule has 9 heteroatoms. The lowest BCUT2D eigenvalue weighted by atomic mass is 10.1. The predicted octanol–water partition coefficient (Wildman–Crippen LogP) is 2.91. The van der Waals surface area contributed by atoms with Gasteiger partial charge in [0.2, 0.25) is 0 Å². The van der Waals surface area contributed by atoms with Crippen molar-refractivity contribution < 1.29 is 13.2 Å². The number of pyridine rings is 1. The van der Waals surface area contributed by atoms with Crippen molar-refractivity contribution >= 4 is 44.8 Å². The van der Waals surface area contributed by atoms with Gasteiger partial charge in [-0.15, -0.1) is 0 Å². The smallest absolute Gasteiger partial charge is 0.255 e. The van der Waals surface area contributed by atoms with Crippen molar-refractivity contribution in [3.05, 3.63) is 57.7 Å². The Balaban J connectivity index is 1.55. The zero-order valence-electron chi connectivity index (χ0n) is 14.5. The molecule has 0 spiro atoms. The lowest BCUT2D eigenvalue weighted by Crippen LogP contribution is -2.43. The van der Waals surface area contributed by atoms with Gasteiger partial charge in [0.25, 0.3) is 5.91 Å². The van der Waals surface area contributed by atoms with E-state index in [1.165, 1.54) is 6.20 Å². The number of sulfone groups is 1. The number of hydrogen-bond donors (Lipinski definition) is 1. The number of rotatable bonds is 5. The summed E-state index contributed by atoms with van der Waals surface area (Å²) in [7, 11) is -3.02. The normalized spacial score (nSPS) is 16.1. The molecule has 0 atom stereocenters. The summed E-state index contributed by atoms with van der Waals surface area (Å²) in [6.07, 6.45) is 2.14. The van der Waals surface area contributed by atoms with Crippen molar-refractivity contribution in [3.63, 3.8) is 0 Å². The van der Waals surface area contributed by atoms with Gasteiger partial charge in [0.1, 0.15) is 5.82 Å². The molecule has 1 aliphatic rings. The highest BCUT2D eigenvalue weighted by Crippen LogP contribution is 2.24. The second-order valence-corrected chi connectivity index (χ2v) is 9.37. The zero-order valence-corrected chi connectivity index (χ0v) is 16.8. The first-order valence-electron chi connectivity index (χ1n) is 8.48. The van der Waals surface area contributed by atoms with Crippen LogP contribution in [-0.4, -0.2) is 55.3 Å². The van der Waals surface area contributed by atoms with Crippen LogP contribution in [0.3, 0.4) is 0 Å². The molecule has 0 bridgehead atoms. The zero-order chi connectivity index (χ0) is 19.4. The number of nitrogens with zero attached hydrogens (tertiary/aromatic N) is 2. The van der Waals surface area contributed by atoms with Crippen molar-refractivity contribution in [1.82, 2.24) is 9.88 Å². The molecule has 0 saturated carbocycles. The average molecular weight is 428 g/mol. The van der Waals surface area contributed by atoms with Crippen LogP contribution in [-0.2, 0) is 16.3 Å². The van der Waals surface area contributed by atoms with Gasteiger partial charge in [-0.05, 0) is 36.2 Å². The summed E-state index contributed by atoms with van der Waals surface area (Å²) in [4.78, 5) is 18.2. The molecule has 1 N–H and O–H groups in total.